The molecule has 0 radical (unpaired) electrons. The number of hydrogen-bond donors (Lipinski definition) is 1. The van der Waals surface area contributed by atoms with E-state index in [1.165, 1.54) is 6.07 Å². The molecule has 0 aliphatic rings. The van der Waals surface area contributed by atoms with Gasteiger partial charge in [-0.15, -0.1) is 0 Å². The van der Waals surface area contributed by atoms with E-state index in [0.717, 1.165) is 5.56 Å². The predicted octanol–water partition coefficient (Wildman–Crippen LogP) is 2.21. The number of Topliss-reactive ketones (excluding diaryl/α,β-unsaturated/α-hetero) is 1. The maximum absolute atomic E-state index is 11.8. The summed E-state index contributed by atoms with van der Waals surface area (Å²) in [6.07, 6.45) is 3.64. The lowest BCUT2D eigenvalue weighted by Gasteiger charge is -2.01. The zero-order valence-electron chi connectivity index (χ0n) is 8.63. The molecule has 0 unspecified atom stereocenters. The van der Waals surface area contributed by atoms with Crippen molar-refractivity contribution in [3.05, 3.63) is 59.9 Å². The Balaban J connectivity index is 2.15. The Kier molecular flexibility index (Phi) is 2.96. The van der Waals surface area contributed by atoms with Crippen LogP contribution in [-0.2, 0) is 6.42 Å². The summed E-state index contributed by atoms with van der Waals surface area (Å²) in [5.41, 5.74) is 1.44. The first-order valence-corrected chi connectivity index (χ1v) is 4.97. The number of carbonyl (C=O) groups is 1. The molecule has 3 nitrogen and oxygen atoms in total. The first-order chi connectivity index (χ1) is 7.75. The van der Waals surface area contributed by atoms with Gasteiger partial charge >= 0.3 is 0 Å². The lowest BCUT2D eigenvalue weighted by Crippen LogP contribution is -2.03. The molecule has 1 N–H and O–H groups in total. The van der Waals surface area contributed by atoms with Crippen LogP contribution in [0.3, 0.4) is 0 Å². The Morgan fingerprint density at radius 1 is 1.19 bits per heavy atom. The second kappa shape index (κ2) is 4.57. The molecular formula is C13H11NO2. The molecule has 0 saturated carbocycles. The number of benzene rings is 1. The number of carbonyl (C=O) groups excluding carboxylic acids is 1. The van der Waals surface area contributed by atoms with Gasteiger partial charge in [-0.3, -0.25) is 9.78 Å². The second-order valence-electron chi connectivity index (χ2n) is 3.51. The molecule has 0 atom stereocenters. The Hall–Kier alpha value is -2.16. The van der Waals surface area contributed by atoms with E-state index in [9.17, 15) is 9.90 Å². The molecule has 3 heteroatoms. The number of phenols is 1. The molecule has 1 heterocycles. The molecule has 80 valence electrons. The van der Waals surface area contributed by atoms with Crippen molar-refractivity contribution in [2.45, 2.75) is 6.42 Å². The van der Waals surface area contributed by atoms with Crippen LogP contribution in [0.2, 0.25) is 0 Å². The van der Waals surface area contributed by atoms with Crippen LogP contribution in [0.25, 0.3) is 0 Å². The lowest BCUT2D eigenvalue weighted by atomic mass is 10.0. The summed E-state index contributed by atoms with van der Waals surface area (Å²) in [4.78, 5) is 15.7. The Labute approximate surface area is 93.4 Å². The average Bonchev–Trinajstić information content (AvgIpc) is 2.30. The normalized spacial score (nSPS) is 10.0. The average molecular weight is 213 g/mol. The summed E-state index contributed by atoms with van der Waals surface area (Å²) in [6.45, 7) is 0. The number of hydrogen-bond acceptors (Lipinski definition) is 3. The Bertz CT molecular complexity index is 494. The van der Waals surface area contributed by atoms with E-state index in [4.69, 9.17) is 0 Å². The molecule has 0 saturated heterocycles. The number of aromatic nitrogens is 1. The molecule has 0 spiro atoms. The van der Waals surface area contributed by atoms with Gasteiger partial charge in [0.2, 0.25) is 0 Å². The van der Waals surface area contributed by atoms with Gasteiger partial charge in [0.15, 0.2) is 5.78 Å². The molecule has 0 aliphatic carbocycles. The summed E-state index contributed by atoms with van der Waals surface area (Å²) in [7, 11) is 0. The van der Waals surface area contributed by atoms with Gasteiger partial charge < -0.3 is 5.11 Å². The van der Waals surface area contributed by atoms with Gasteiger partial charge in [-0.25, -0.2) is 0 Å². The Morgan fingerprint density at radius 3 is 2.62 bits per heavy atom. The molecule has 1 aromatic carbocycles. The molecule has 16 heavy (non-hydrogen) atoms. The Morgan fingerprint density at radius 2 is 1.94 bits per heavy atom. The monoisotopic (exact) mass is 213 g/mol. The van der Waals surface area contributed by atoms with Crippen LogP contribution in [-0.4, -0.2) is 15.9 Å². The van der Waals surface area contributed by atoms with Gasteiger partial charge in [-0.05, 0) is 29.8 Å². The molecule has 0 fully saturated rings. The van der Waals surface area contributed by atoms with Crippen molar-refractivity contribution in [1.82, 2.24) is 4.98 Å². The van der Waals surface area contributed by atoms with Crippen molar-refractivity contribution in [2.75, 3.05) is 0 Å². The topological polar surface area (TPSA) is 50.2 Å². The highest BCUT2D eigenvalue weighted by molar-refractivity contribution is 5.97. The first kappa shape index (κ1) is 10.4. The molecule has 2 aromatic rings. The summed E-state index contributed by atoms with van der Waals surface area (Å²) < 4.78 is 0. The van der Waals surface area contributed by atoms with E-state index in [1.807, 2.05) is 0 Å². The summed E-state index contributed by atoms with van der Waals surface area (Å²) in [5.74, 6) is 0.0997. The fourth-order valence-electron chi connectivity index (χ4n) is 1.47. The number of ketones is 1. The minimum Gasteiger partial charge on any atom is -0.508 e. The number of rotatable bonds is 3. The minimum absolute atomic E-state index is 0.0119. The molecule has 0 amide bonds. The van der Waals surface area contributed by atoms with Gasteiger partial charge in [0.25, 0.3) is 0 Å². The third-order valence-corrected chi connectivity index (χ3v) is 2.28. The lowest BCUT2D eigenvalue weighted by molar-refractivity contribution is 0.0992. The van der Waals surface area contributed by atoms with Gasteiger partial charge in [0.1, 0.15) is 5.75 Å². The maximum atomic E-state index is 11.8. The number of nitrogens with zero attached hydrogens (tertiary/aromatic N) is 1. The smallest absolute Gasteiger partial charge is 0.167 e. The van der Waals surface area contributed by atoms with E-state index < -0.39 is 0 Å². The highest BCUT2D eigenvalue weighted by atomic mass is 16.3. The quantitative estimate of drug-likeness (QED) is 0.795. The second-order valence-corrected chi connectivity index (χ2v) is 3.51. The molecule has 1 aromatic heterocycles. The highest BCUT2D eigenvalue weighted by Gasteiger charge is 2.07. The summed E-state index contributed by atoms with van der Waals surface area (Å²) in [5, 5.41) is 9.27. The van der Waals surface area contributed by atoms with Crippen LogP contribution >= 0.6 is 0 Å². The van der Waals surface area contributed by atoms with E-state index in [-0.39, 0.29) is 11.5 Å². The van der Waals surface area contributed by atoms with E-state index in [2.05, 4.69) is 4.98 Å². The van der Waals surface area contributed by atoms with Crippen LogP contribution in [0, 0.1) is 0 Å². The largest absolute Gasteiger partial charge is 0.508 e. The fourth-order valence-corrected chi connectivity index (χ4v) is 1.47. The van der Waals surface area contributed by atoms with E-state index >= 15 is 0 Å². The number of pyridine rings is 1. The minimum atomic E-state index is -0.0119. The third-order valence-electron chi connectivity index (χ3n) is 2.28. The molecule has 0 bridgehead atoms. The van der Waals surface area contributed by atoms with Crippen molar-refractivity contribution in [1.29, 1.82) is 0 Å². The van der Waals surface area contributed by atoms with Gasteiger partial charge in [0.05, 0.1) is 0 Å². The van der Waals surface area contributed by atoms with Gasteiger partial charge in [-0.2, -0.15) is 0 Å². The predicted molar refractivity (Wildman–Crippen MR) is 60.4 cm³/mol. The van der Waals surface area contributed by atoms with Gasteiger partial charge in [-0.1, -0.05) is 12.1 Å². The van der Waals surface area contributed by atoms with Crippen LogP contribution in [0.5, 0.6) is 5.75 Å². The third kappa shape index (κ3) is 2.45. The van der Waals surface area contributed by atoms with E-state index in [0.29, 0.717) is 12.0 Å². The van der Waals surface area contributed by atoms with Crippen LogP contribution in [0.15, 0.2) is 48.8 Å². The van der Waals surface area contributed by atoms with Crippen molar-refractivity contribution in [3.8, 4) is 5.75 Å². The van der Waals surface area contributed by atoms with E-state index in [1.54, 1.807) is 42.7 Å². The molecule has 2 rings (SSSR count). The van der Waals surface area contributed by atoms with Crippen molar-refractivity contribution >= 4 is 5.78 Å². The molecular weight excluding hydrogens is 202 g/mol. The molecule has 0 aliphatic heterocycles. The van der Waals surface area contributed by atoms with Crippen LogP contribution < -0.4 is 0 Å². The van der Waals surface area contributed by atoms with Gasteiger partial charge in [0, 0.05) is 24.4 Å². The van der Waals surface area contributed by atoms with Crippen LogP contribution in [0.1, 0.15) is 15.9 Å². The van der Waals surface area contributed by atoms with Crippen molar-refractivity contribution < 1.29 is 9.90 Å². The van der Waals surface area contributed by atoms with Crippen molar-refractivity contribution in [3.63, 3.8) is 0 Å². The standard InChI is InChI=1S/C13H11NO2/c15-12-3-1-2-11(9-12)13(16)8-10-4-6-14-7-5-10/h1-7,9,15H,8H2. The zero-order valence-corrected chi connectivity index (χ0v) is 8.63. The fraction of sp³-hybridized carbons (Fsp3) is 0.0769. The maximum Gasteiger partial charge on any atom is 0.167 e. The summed E-state index contributed by atoms with van der Waals surface area (Å²) in [6, 6.07) is 9.99. The number of phenolic OH excluding ortho intramolecular Hbond substituents is 1. The number of aromatic hydroxyl groups is 1. The van der Waals surface area contributed by atoms with Crippen molar-refractivity contribution in [2.24, 2.45) is 0 Å². The summed E-state index contributed by atoms with van der Waals surface area (Å²) >= 11 is 0. The SMILES string of the molecule is O=C(Cc1ccncc1)c1cccc(O)c1. The highest BCUT2D eigenvalue weighted by Crippen LogP contribution is 2.13. The van der Waals surface area contributed by atoms with Crippen LogP contribution in [0.4, 0.5) is 0 Å². The zero-order chi connectivity index (χ0) is 11.4. The first-order valence-electron chi connectivity index (χ1n) is 4.97.